The number of rotatable bonds is 5. The molecule has 2 rings (SSSR count). The van der Waals surface area contributed by atoms with Crippen molar-refractivity contribution in [2.24, 2.45) is 11.7 Å². The summed E-state index contributed by atoms with van der Waals surface area (Å²) in [6, 6.07) is 4.89. The summed E-state index contributed by atoms with van der Waals surface area (Å²) in [7, 11) is 0. The number of nitrogens with two attached hydrogens (primary N) is 1. The number of benzene rings is 1. The number of primary amides is 1. The highest BCUT2D eigenvalue weighted by molar-refractivity contribution is 5.96. The van der Waals surface area contributed by atoms with Crippen molar-refractivity contribution in [2.75, 3.05) is 18.0 Å². The van der Waals surface area contributed by atoms with Crippen LogP contribution < -0.4 is 10.6 Å². The molecule has 0 aliphatic carbocycles. The van der Waals surface area contributed by atoms with E-state index < -0.39 is 11.5 Å². The Balaban J connectivity index is 2.09. The normalized spacial score (nSPS) is 17.9. The predicted molar refractivity (Wildman–Crippen MR) is 95.7 cm³/mol. The topological polar surface area (TPSA) is 89.7 Å². The van der Waals surface area contributed by atoms with Crippen LogP contribution >= 0.6 is 0 Å². The minimum atomic E-state index is -0.559. The van der Waals surface area contributed by atoms with Crippen LogP contribution in [0.4, 0.5) is 5.69 Å². The number of nitrogens with zero attached hydrogens (tertiary/aromatic N) is 1. The van der Waals surface area contributed by atoms with Crippen LogP contribution in [0.1, 0.15) is 60.7 Å². The van der Waals surface area contributed by atoms with Crippen LogP contribution in [0.15, 0.2) is 18.2 Å². The molecule has 0 saturated carbocycles. The molecule has 1 aliphatic heterocycles. The van der Waals surface area contributed by atoms with E-state index in [9.17, 15) is 14.4 Å². The summed E-state index contributed by atoms with van der Waals surface area (Å²) in [5.74, 6) is -0.575. The number of ether oxygens (including phenoxy) is 1. The number of anilines is 1. The molecule has 1 atom stereocenters. The summed E-state index contributed by atoms with van der Waals surface area (Å²) in [6.45, 7) is 7.05. The molecule has 6 heteroatoms. The second kappa shape index (κ2) is 7.68. The van der Waals surface area contributed by atoms with E-state index in [0.29, 0.717) is 24.1 Å². The summed E-state index contributed by atoms with van der Waals surface area (Å²) in [6.07, 6.45) is 2.98. The Morgan fingerprint density at radius 2 is 2.08 bits per heavy atom. The van der Waals surface area contributed by atoms with Crippen LogP contribution in [0.5, 0.6) is 0 Å². The van der Waals surface area contributed by atoms with E-state index >= 15 is 0 Å². The first-order chi connectivity index (χ1) is 11.7. The fraction of sp³-hybridized carbons (Fsp3) is 0.526. The van der Waals surface area contributed by atoms with Crippen LogP contribution in [0.25, 0.3) is 0 Å². The lowest BCUT2D eigenvalue weighted by atomic mass is 9.93. The number of hydrogen-bond acceptors (Lipinski definition) is 5. The molecule has 1 aliphatic rings. The molecule has 1 fully saturated rings. The fourth-order valence-electron chi connectivity index (χ4n) is 3.16. The number of amides is 1. The minimum Gasteiger partial charge on any atom is -0.460 e. The van der Waals surface area contributed by atoms with E-state index in [1.165, 1.54) is 6.07 Å². The average Bonchev–Trinajstić information content (AvgIpc) is 2.52. The minimum absolute atomic E-state index is 0.180. The Hall–Kier alpha value is -2.37. The fourth-order valence-corrected chi connectivity index (χ4v) is 3.16. The second-order valence-electron chi connectivity index (χ2n) is 7.50. The van der Waals surface area contributed by atoms with Gasteiger partial charge in [0.15, 0.2) is 6.29 Å². The summed E-state index contributed by atoms with van der Waals surface area (Å²) in [4.78, 5) is 36.8. The maximum Gasteiger partial charge on any atom is 0.306 e. The summed E-state index contributed by atoms with van der Waals surface area (Å²) in [5, 5.41) is 0. The number of aldehydes is 1. The third-order valence-corrected chi connectivity index (χ3v) is 4.17. The van der Waals surface area contributed by atoms with Gasteiger partial charge in [0.25, 0.3) is 0 Å². The molecule has 1 aromatic carbocycles. The molecule has 0 radical (unpaired) electrons. The standard InChI is InChI=1S/C19H26N2O4/c1-19(2,3)25-17(23)9-13-5-4-8-21(11-13)16-7-6-14(18(20)24)10-15(16)12-22/h6-7,10,12-13H,4-5,8-9,11H2,1-3H3,(H2,20,24)/t13-/m1/s1. The Morgan fingerprint density at radius 3 is 2.68 bits per heavy atom. The maximum absolute atomic E-state index is 12.1. The van der Waals surface area contributed by atoms with Gasteiger partial charge in [-0.2, -0.15) is 0 Å². The molecule has 1 heterocycles. The molecule has 0 unspecified atom stereocenters. The molecule has 25 heavy (non-hydrogen) atoms. The summed E-state index contributed by atoms with van der Waals surface area (Å²) >= 11 is 0. The summed E-state index contributed by atoms with van der Waals surface area (Å²) < 4.78 is 5.40. The van der Waals surface area contributed by atoms with Crippen LogP contribution in [-0.2, 0) is 9.53 Å². The van der Waals surface area contributed by atoms with Crippen molar-refractivity contribution in [3.05, 3.63) is 29.3 Å². The van der Waals surface area contributed by atoms with Crippen molar-refractivity contribution in [3.63, 3.8) is 0 Å². The highest BCUT2D eigenvalue weighted by Crippen LogP contribution is 2.28. The first kappa shape index (κ1) is 19.0. The van der Waals surface area contributed by atoms with Gasteiger partial charge in [0, 0.05) is 29.9 Å². The quantitative estimate of drug-likeness (QED) is 0.654. The Kier molecular flexibility index (Phi) is 5.82. The van der Waals surface area contributed by atoms with Gasteiger partial charge in [0.2, 0.25) is 5.91 Å². The van der Waals surface area contributed by atoms with Crippen molar-refractivity contribution in [1.29, 1.82) is 0 Å². The molecule has 0 bridgehead atoms. The zero-order valence-electron chi connectivity index (χ0n) is 15.1. The van der Waals surface area contributed by atoms with E-state index in [4.69, 9.17) is 10.5 Å². The zero-order chi connectivity index (χ0) is 18.6. The number of carbonyl (C=O) groups is 3. The lowest BCUT2D eigenvalue weighted by molar-refractivity contribution is -0.156. The van der Waals surface area contributed by atoms with E-state index in [2.05, 4.69) is 4.90 Å². The molecule has 2 N–H and O–H groups in total. The van der Waals surface area contributed by atoms with Crippen LogP contribution in [0.3, 0.4) is 0 Å². The molecule has 0 spiro atoms. The molecule has 136 valence electrons. The van der Waals surface area contributed by atoms with Crippen molar-refractivity contribution < 1.29 is 19.1 Å². The zero-order valence-corrected chi connectivity index (χ0v) is 15.1. The molecule has 6 nitrogen and oxygen atoms in total. The van der Waals surface area contributed by atoms with Gasteiger partial charge in [-0.25, -0.2) is 0 Å². The van der Waals surface area contributed by atoms with Gasteiger partial charge < -0.3 is 15.4 Å². The van der Waals surface area contributed by atoms with Crippen LogP contribution in [0, 0.1) is 5.92 Å². The molecular formula is C19H26N2O4. The van der Waals surface area contributed by atoms with Crippen molar-refractivity contribution in [2.45, 2.75) is 45.6 Å². The van der Waals surface area contributed by atoms with Gasteiger partial charge in [-0.3, -0.25) is 14.4 Å². The lowest BCUT2D eigenvalue weighted by Crippen LogP contribution is -2.37. The second-order valence-corrected chi connectivity index (χ2v) is 7.50. The Bertz CT molecular complexity index is 664. The molecule has 0 aromatic heterocycles. The molecule has 1 aromatic rings. The van der Waals surface area contributed by atoms with Gasteiger partial charge in [0.05, 0.1) is 6.42 Å². The van der Waals surface area contributed by atoms with Crippen LogP contribution in [-0.4, -0.2) is 36.9 Å². The number of esters is 1. The Labute approximate surface area is 148 Å². The highest BCUT2D eigenvalue weighted by atomic mass is 16.6. The predicted octanol–water partition coefficient (Wildman–Crippen LogP) is 2.55. The highest BCUT2D eigenvalue weighted by Gasteiger charge is 2.26. The van der Waals surface area contributed by atoms with Gasteiger partial charge in [-0.05, 0) is 57.7 Å². The molecule has 1 amide bonds. The third kappa shape index (κ3) is 5.31. The Morgan fingerprint density at radius 1 is 1.36 bits per heavy atom. The monoisotopic (exact) mass is 346 g/mol. The molecule has 1 saturated heterocycles. The van der Waals surface area contributed by atoms with Gasteiger partial charge >= 0.3 is 5.97 Å². The smallest absolute Gasteiger partial charge is 0.306 e. The van der Waals surface area contributed by atoms with Gasteiger partial charge in [-0.15, -0.1) is 0 Å². The summed E-state index contributed by atoms with van der Waals surface area (Å²) in [5.41, 5.74) is 6.31. The van der Waals surface area contributed by atoms with Crippen molar-refractivity contribution >= 4 is 23.9 Å². The number of piperidine rings is 1. The maximum atomic E-state index is 12.1. The van der Waals surface area contributed by atoms with E-state index in [-0.39, 0.29) is 11.9 Å². The van der Waals surface area contributed by atoms with E-state index in [1.807, 2.05) is 20.8 Å². The average molecular weight is 346 g/mol. The lowest BCUT2D eigenvalue weighted by Gasteiger charge is -2.35. The van der Waals surface area contributed by atoms with Crippen molar-refractivity contribution in [1.82, 2.24) is 0 Å². The number of carbonyl (C=O) groups excluding carboxylic acids is 3. The number of hydrogen-bond donors (Lipinski definition) is 1. The van der Waals surface area contributed by atoms with Gasteiger partial charge in [0.1, 0.15) is 5.60 Å². The first-order valence-corrected chi connectivity index (χ1v) is 8.55. The van der Waals surface area contributed by atoms with E-state index in [1.54, 1.807) is 12.1 Å². The third-order valence-electron chi connectivity index (χ3n) is 4.17. The largest absolute Gasteiger partial charge is 0.460 e. The van der Waals surface area contributed by atoms with Crippen molar-refractivity contribution in [3.8, 4) is 0 Å². The van der Waals surface area contributed by atoms with Gasteiger partial charge in [-0.1, -0.05) is 0 Å². The SMILES string of the molecule is CC(C)(C)OC(=O)C[C@H]1CCCN(c2ccc(C(N)=O)cc2C=O)C1. The molecular weight excluding hydrogens is 320 g/mol. The van der Waals surface area contributed by atoms with Crippen LogP contribution in [0.2, 0.25) is 0 Å². The van der Waals surface area contributed by atoms with E-state index in [0.717, 1.165) is 31.4 Å². The first-order valence-electron chi connectivity index (χ1n) is 8.55.